The van der Waals surface area contributed by atoms with E-state index in [-0.39, 0.29) is 0 Å². The van der Waals surface area contributed by atoms with Gasteiger partial charge in [0.1, 0.15) is 5.92 Å². The van der Waals surface area contributed by atoms with E-state index in [4.69, 9.17) is 5.11 Å². The lowest BCUT2D eigenvalue weighted by Gasteiger charge is -2.12. The Bertz CT molecular complexity index is 454. The molecule has 2 N–H and O–H groups in total. The lowest BCUT2D eigenvalue weighted by molar-refractivity contribution is -0.147. The second-order valence-corrected chi connectivity index (χ2v) is 4.45. The zero-order valence-electron chi connectivity index (χ0n) is 11.0. The van der Waals surface area contributed by atoms with Gasteiger partial charge in [-0.3, -0.25) is 9.59 Å². The third-order valence-corrected chi connectivity index (χ3v) is 2.97. The van der Waals surface area contributed by atoms with Gasteiger partial charge in [0.2, 0.25) is 5.91 Å². The number of carboxylic acid groups (broad SMARTS) is 1. The van der Waals surface area contributed by atoms with Gasteiger partial charge in [0.15, 0.2) is 0 Å². The fourth-order valence-electron chi connectivity index (χ4n) is 1.82. The summed E-state index contributed by atoms with van der Waals surface area (Å²) in [6, 6.07) is 5.96. The van der Waals surface area contributed by atoms with Crippen molar-refractivity contribution in [2.24, 2.45) is 5.92 Å². The highest BCUT2D eigenvalue weighted by atomic mass is 16.4. The molecule has 1 unspecified atom stereocenters. The van der Waals surface area contributed by atoms with Crippen LogP contribution < -0.4 is 5.32 Å². The summed E-state index contributed by atoms with van der Waals surface area (Å²) in [7, 11) is 0. The summed E-state index contributed by atoms with van der Waals surface area (Å²) in [5.41, 5.74) is 3.27. The number of benzene rings is 1. The van der Waals surface area contributed by atoms with Gasteiger partial charge in [-0.25, -0.2) is 0 Å². The van der Waals surface area contributed by atoms with E-state index < -0.39 is 17.8 Å². The Morgan fingerprint density at radius 3 is 2.50 bits per heavy atom. The molecule has 4 heteroatoms. The summed E-state index contributed by atoms with van der Waals surface area (Å²) in [6.45, 7) is 6.04. The van der Waals surface area contributed by atoms with Crippen molar-refractivity contribution in [2.75, 3.05) is 0 Å². The van der Waals surface area contributed by atoms with Gasteiger partial charge >= 0.3 is 5.97 Å². The number of carbonyl (C=O) groups excluding carboxylic acids is 1. The molecule has 1 atom stereocenters. The molecule has 0 aliphatic rings. The molecule has 0 bridgehead atoms. The smallest absolute Gasteiger partial charge is 0.316 e. The van der Waals surface area contributed by atoms with Crippen LogP contribution in [0.3, 0.4) is 0 Å². The topological polar surface area (TPSA) is 66.4 Å². The van der Waals surface area contributed by atoms with Gasteiger partial charge in [0.25, 0.3) is 0 Å². The molecule has 1 rings (SSSR count). The first kappa shape index (κ1) is 14.2. The van der Waals surface area contributed by atoms with E-state index in [1.54, 1.807) is 6.92 Å². The molecule has 0 heterocycles. The molecule has 1 aromatic rings. The molecular weight excluding hydrogens is 230 g/mol. The van der Waals surface area contributed by atoms with E-state index in [1.165, 1.54) is 5.56 Å². The molecule has 0 aliphatic carbocycles. The number of hydrogen-bond donors (Lipinski definition) is 2. The molecule has 0 radical (unpaired) electrons. The summed E-state index contributed by atoms with van der Waals surface area (Å²) in [5.74, 6) is -2.46. The number of aliphatic carboxylic acids is 1. The summed E-state index contributed by atoms with van der Waals surface area (Å²) in [4.78, 5) is 22.5. The van der Waals surface area contributed by atoms with E-state index >= 15 is 0 Å². The minimum absolute atomic E-state index is 0.300. The van der Waals surface area contributed by atoms with E-state index in [0.717, 1.165) is 11.1 Å². The summed E-state index contributed by atoms with van der Waals surface area (Å²) >= 11 is 0. The molecule has 18 heavy (non-hydrogen) atoms. The van der Waals surface area contributed by atoms with Gasteiger partial charge in [0, 0.05) is 6.54 Å². The maximum absolute atomic E-state index is 11.7. The Morgan fingerprint density at radius 1 is 1.33 bits per heavy atom. The summed E-state index contributed by atoms with van der Waals surface area (Å²) < 4.78 is 0. The fourth-order valence-corrected chi connectivity index (χ4v) is 1.82. The van der Waals surface area contributed by atoms with Crippen molar-refractivity contribution in [2.45, 2.75) is 33.7 Å². The Kier molecular flexibility index (Phi) is 4.89. The van der Waals surface area contributed by atoms with Crippen molar-refractivity contribution in [3.63, 3.8) is 0 Å². The summed E-state index contributed by atoms with van der Waals surface area (Å²) in [5, 5.41) is 11.5. The minimum atomic E-state index is -1.07. The van der Waals surface area contributed by atoms with Crippen LogP contribution in [0.2, 0.25) is 0 Å². The molecule has 0 saturated carbocycles. The Morgan fingerprint density at radius 2 is 2.00 bits per heavy atom. The number of carboxylic acids is 1. The van der Waals surface area contributed by atoms with Crippen LogP contribution in [0, 0.1) is 19.8 Å². The summed E-state index contributed by atoms with van der Waals surface area (Å²) in [6.07, 6.45) is 0.300. The fraction of sp³-hybridized carbons (Fsp3) is 0.429. The maximum Gasteiger partial charge on any atom is 0.316 e. The lowest BCUT2D eigenvalue weighted by atomic mass is 10.0. The molecule has 0 fully saturated rings. The largest absolute Gasteiger partial charge is 0.481 e. The predicted molar refractivity (Wildman–Crippen MR) is 69.2 cm³/mol. The first-order valence-electron chi connectivity index (χ1n) is 6.02. The van der Waals surface area contributed by atoms with Crippen molar-refractivity contribution in [1.82, 2.24) is 5.32 Å². The quantitative estimate of drug-likeness (QED) is 0.785. The lowest BCUT2D eigenvalue weighted by Crippen LogP contribution is -2.34. The van der Waals surface area contributed by atoms with E-state index in [9.17, 15) is 9.59 Å². The number of nitrogens with one attached hydrogen (secondary N) is 1. The van der Waals surface area contributed by atoms with Crippen molar-refractivity contribution in [3.05, 3.63) is 34.9 Å². The van der Waals surface area contributed by atoms with E-state index in [2.05, 4.69) is 5.32 Å². The van der Waals surface area contributed by atoms with Crippen LogP contribution in [0.1, 0.15) is 30.0 Å². The van der Waals surface area contributed by atoms with E-state index in [1.807, 2.05) is 32.0 Å². The van der Waals surface area contributed by atoms with Crippen molar-refractivity contribution in [3.8, 4) is 0 Å². The highest BCUT2D eigenvalue weighted by Gasteiger charge is 2.23. The van der Waals surface area contributed by atoms with Gasteiger partial charge in [0.05, 0.1) is 0 Å². The third kappa shape index (κ3) is 3.58. The van der Waals surface area contributed by atoms with Gasteiger partial charge in [-0.05, 0) is 31.4 Å². The van der Waals surface area contributed by atoms with Gasteiger partial charge in [-0.2, -0.15) is 0 Å². The van der Waals surface area contributed by atoms with Crippen LogP contribution in [-0.2, 0) is 16.1 Å². The second kappa shape index (κ2) is 6.19. The first-order chi connectivity index (χ1) is 8.45. The minimum Gasteiger partial charge on any atom is -0.481 e. The van der Waals surface area contributed by atoms with Gasteiger partial charge in [-0.15, -0.1) is 0 Å². The number of hydrogen-bond acceptors (Lipinski definition) is 2. The van der Waals surface area contributed by atoms with Crippen LogP contribution in [0.4, 0.5) is 0 Å². The number of aryl methyl sites for hydroxylation is 2. The normalized spacial score (nSPS) is 11.9. The average Bonchev–Trinajstić information content (AvgIpc) is 2.28. The Hall–Kier alpha value is -1.84. The standard InChI is InChI=1S/C14H19NO3/c1-4-12(14(17)18)13(16)15-8-11-6-5-9(2)7-10(11)3/h5-7,12H,4,8H2,1-3H3,(H,15,16)(H,17,18). The molecule has 0 spiro atoms. The molecule has 4 nitrogen and oxygen atoms in total. The van der Waals surface area contributed by atoms with Gasteiger partial charge in [-0.1, -0.05) is 30.7 Å². The number of amides is 1. The molecule has 1 aromatic carbocycles. The zero-order chi connectivity index (χ0) is 13.7. The van der Waals surface area contributed by atoms with Crippen molar-refractivity contribution < 1.29 is 14.7 Å². The monoisotopic (exact) mass is 249 g/mol. The SMILES string of the molecule is CCC(C(=O)O)C(=O)NCc1ccc(C)cc1C. The van der Waals surface area contributed by atoms with Crippen molar-refractivity contribution in [1.29, 1.82) is 0 Å². The van der Waals surface area contributed by atoms with Crippen LogP contribution in [0.25, 0.3) is 0 Å². The first-order valence-corrected chi connectivity index (χ1v) is 6.02. The second-order valence-electron chi connectivity index (χ2n) is 4.45. The number of carbonyl (C=O) groups is 2. The molecule has 0 aromatic heterocycles. The van der Waals surface area contributed by atoms with Crippen molar-refractivity contribution >= 4 is 11.9 Å². The maximum atomic E-state index is 11.7. The molecular formula is C14H19NO3. The average molecular weight is 249 g/mol. The van der Waals surface area contributed by atoms with Gasteiger partial charge < -0.3 is 10.4 Å². The molecule has 0 saturated heterocycles. The van der Waals surface area contributed by atoms with Crippen LogP contribution in [0.5, 0.6) is 0 Å². The molecule has 0 aliphatic heterocycles. The van der Waals surface area contributed by atoms with Crippen LogP contribution in [-0.4, -0.2) is 17.0 Å². The Labute approximate surface area is 107 Å². The van der Waals surface area contributed by atoms with E-state index in [0.29, 0.717) is 13.0 Å². The molecule has 1 amide bonds. The molecule has 98 valence electrons. The highest BCUT2D eigenvalue weighted by molar-refractivity contribution is 5.96. The zero-order valence-corrected chi connectivity index (χ0v) is 11.0. The third-order valence-electron chi connectivity index (χ3n) is 2.97. The van der Waals surface area contributed by atoms with Crippen LogP contribution in [0.15, 0.2) is 18.2 Å². The predicted octanol–water partition coefficient (Wildman–Crippen LogP) is 2.03. The Balaban J connectivity index is 2.65. The highest BCUT2D eigenvalue weighted by Crippen LogP contribution is 2.11. The van der Waals surface area contributed by atoms with Crippen LogP contribution >= 0.6 is 0 Å². The number of rotatable bonds is 5.